The maximum atomic E-state index is 6.04. The zero-order chi connectivity index (χ0) is 13.2. The molecule has 1 aromatic heterocycles. The third-order valence-corrected chi connectivity index (χ3v) is 4.12. The first-order chi connectivity index (χ1) is 9.25. The minimum absolute atomic E-state index is 0.551. The molecular weight excluding hydrogens is 258 g/mol. The molecule has 0 amide bonds. The Bertz CT molecular complexity index is 579. The van der Waals surface area contributed by atoms with Crippen LogP contribution in [0.15, 0.2) is 30.5 Å². The van der Waals surface area contributed by atoms with Gasteiger partial charge in [-0.3, -0.25) is 4.98 Å². The van der Waals surface area contributed by atoms with Crippen molar-refractivity contribution < 1.29 is 0 Å². The van der Waals surface area contributed by atoms with Crippen LogP contribution in [0.4, 0.5) is 5.69 Å². The summed E-state index contributed by atoms with van der Waals surface area (Å²) in [6.07, 6.45) is 4.34. The number of anilines is 1. The van der Waals surface area contributed by atoms with Gasteiger partial charge >= 0.3 is 0 Å². The molecule has 1 aromatic carbocycles. The Balaban J connectivity index is 1.99. The number of nitrogens with one attached hydrogen (secondary N) is 1. The number of benzene rings is 1. The number of hydrogen-bond donors (Lipinski definition) is 1. The molecule has 4 heteroatoms. The molecule has 2 heterocycles. The first kappa shape index (κ1) is 12.7. The third kappa shape index (κ3) is 2.53. The van der Waals surface area contributed by atoms with E-state index in [-0.39, 0.29) is 0 Å². The van der Waals surface area contributed by atoms with E-state index in [1.54, 1.807) is 0 Å². The second-order valence-corrected chi connectivity index (χ2v) is 5.54. The van der Waals surface area contributed by atoms with Crippen molar-refractivity contribution in [3.8, 4) is 0 Å². The van der Waals surface area contributed by atoms with Crippen LogP contribution in [0.1, 0.15) is 12.8 Å². The average molecular weight is 276 g/mol. The van der Waals surface area contributed by atoms with Crippen molar-refractivity contribution in [3.63, 3.8) is 0 Å². The molecule has 1 fully saturated rings. The highest BCUT2D eigenvalue weighted by atomic mass is 35.5. The summed E-state index contributed by atoms with van der Waals surface area (Å²) in [6.45, 7) is 2.19. The molecule has 1 atom stereocenters. The second kappa shape index (κ2) is 5.35. The smallest absolute Gasteiger partial charge is 0.0737 e. The molecule has 1 unspecified atom stereocenters. The van der Waals surface area contributed by atoms with Crippen LogP contribution in [0, 0.1) is 0 Å². The molecule has 1 N–H and O–H groups in total. The van der Waals surface area contributed by atoms with Gasteiger partial charge in [0.05, 0.1) is 5.52 Å². The summed E-state index contributed by atoms with van der Waals surface area (Å²) in [4.78, 5) is 6.77. The highest BCUT2D eigenvalue weighted by Crippen LogP contribution is 2.28. The van der Waals surface area contributed by atoms with Gasteiger partial charge < -0.3 is 10.2 Å². The first-order valence-corrected chi connectivity index (χ1v) is 7.11. The van der Waals surface area contributed by atoms with E-state index < -0.39 is 0 Å². The van der Waals surface area contributed by atoms with Crippen molar-refractivity contribution in [2.75, 3.05) is 25.0 Å². The maximum absolute atomic E-state index is 6.04. The number of fused-ring (bicyclic) bond motifs is 1. The summed E-state index contributed by atoms with van der Waals surface area (Å²) < 4.78 is 0. The fourth-order valence-electron chi connectivity index (χ4n) is 2.77. The molecule has 0 radical (unpaired) electrons. The summed E-state index contributed by atoms with van der Waals surface area (Å²) >= 11 is 6.04. The zero-order valence-corrected chi connectivity index (χ0v) is 11.8. The van der Waals surface area contributed by atoms with E-state index in [0.29, 0.717) is 6.04 Å². The predicted molar refractivity (Wildman–Crippen MR) is 81.0 cm³/mol. The van der Waals surface area contributed by atoms with E-state index in [1.807, 2.05) is 18.3 Å². The number of piperidine rings is 1. The van der Waals surface area contributed by atoms with Gasteiger partial charge in [-0.1, -0.05) is 11.6 Å². The van der Waals surface area contributed by atoms with Crippen LogP contribution in [0.3, 0.4) is 0 Å². The van der Waals surface area contributed by atoms with E-state index in [2.05, 4.69) is 34.4 Å². The molecule has 100 valence electrons. The van der Waals surface area contributed by atoms with Crippen LogP contribution >= 0.6 is 11.6 Å². The van der Waals surface area contributed by atoms with Gasteiger partial charge in [-0.2, -0.15) is 0 Å². The van der Waals surface area contributed by atoms with Crippen molar-refractivity contribution in [2.45, 2.75) is 18.9 Å². The number of pyridine rings is 1. The zero-order valence-electron chi connectivity index (χ0n) is 11.1. The lowest BCUT2D eigenvalue weighted by Crippen LogP contribution is -2.44. The number of likely N-dealkylation sites (N-methyl/N-ethyl adjacent to an activating group) is 1. The average Bonchev–Trinajstić information content (AvgIpc) is 2.46. The molecule has 19 heavy (non-hydrogen) atoms. The Labute approximate surface area is 118 Å². The van der Waals surface area contributed by atoms with Gasteiger partial charge in [-0.15, -0.1) is 0 Å². The fourth-order valence-corrected chi connectivity index (χ4v) is 2.94. The predicted octanol–water partition coefficient (Wildman–Crippen LogP) is 3.08. The Morgan fingerprint density at radius 2 is 2.26 bits per heavy atom. The van der Waals surface area contributed by atoms with Crippen LogP contribution < -0.4 is 10.2 Å². The number of nitrogens with zero attached hydrogens (tertiary/aromatic N) is 2. The lowest BCUT2D eigenvalue weighted by atomic mass is 10.0. The van der Waals surface area contributed by atoms with E-state index >= 15 is 0 Å². The molecule has 1 aliphatic heterocycles. The van der Waals surface area contributed by atoms with Gasteiger partial charge in [0.25, 0.3) is 0 Å². The molecule has 0 aliphatic carbocycles. The van der Waals surface area contributed by atoms with Gasteiger partial charge in [0.15, 0.2) is 0 Å². The number of aromatic nitrogens is 1. The fraction of sp³-hybridized carbons (Fsp3) is 0.400. The van der Waals surface area contributed by atoms with Crippen LogP contribution in [-0.2, 0) is 0 Å². The summed E-state index contributed by atoms with van der Waals surface area (Å²) in [5, 5.41) is 5.37. The van der Waals surface area contributed by atoms with Gasteiger partial charge in [-0.25, -0.2) is 0 Å². The van der Waals surface area contributed by atoms with Crippen molar-refractivity contribution in [1.82, 2.24) is 10.3 Å². The number of halogens is 1. The van der Waals surface area contributed by atoms with E-state index in [9.17, 15) is 0 Å². The molecular formula is C15H18ClN3. The van der Waals surface area contributed by atoms with Crippen LogP contribution in [0.25, 0.3) is 10.9 Å². The SMILES string of the molecule is CN(c1ccnc2cc(Cl)ccc12)C1CCCNC1. The molecule has 3 rings (SSSR count). The summed E-state index contributed by atoms with van der Waals surface area (Å²) in [7, 11) is 2.17. The van der Waals surface area contributed by atoms with Crippen molar-refractivity contribution >= 4 is 28.2 Å². The Morgan fingerprint density at radius 3 is 3.05 bits per heavy atom. The van der Waals surface area contributed by atoms with E-state index in [4.69, 9.17) is 11.6 Å². The summed E-state index contributed by atoms with van der Waals surface area (Å²) in [5.74, 6) is 0. The molecule has 1 saturated heterocycles. The van der Waals surface area contributed by atoms with E-state index in [1.165, 1.54) is 23.9 Å². The maximum Gasteiger partial charge on any atom is 0.0737 e. The second-order valence-electron chi connectivity index (χ2n) is 5.10. The summed E-state index contributed by atoms with van der Waals surface area (Å²) in [5.41, 5.74) is 2.19. The number of hydrogen-bond acceptors (Lipinski definition) is 3. The highest BCUT2D eigenvalue weighted by molar-refractivity contribution is 6.31. The Kier molecular flexibility index (Phi) is 3.58. The van der Waals surface area contributed by atoms with Gasteiger partial charge in [-0.05, 0) is 43.7 Å². The molecule has 2 aromatic rings. The van der Waals surface area contributed by atoms with E-state index in [0.717, 1.165) is 23.6 Å². The van der Waals surface area contributed by atoms with Crippen molar-refractivity contribution in [3.05, 3.63) is 35.5 Å². The van der Waals surface area contributed by atoms with Gasteiger partial charge in [0.1, 0.15) is 0 Å². The Hall–Kier alpha value is -1.32. The number of rotatable bonds is 2. The molecule has 0 bridgehead atoms. The van der Waals surface area contributed by atoms with Gasteiger partial charge in [0.2, 0.25) is 0 Å². The largest absolute Gasteiger partial charge is 0.370 e. The minimum Gasteiger partial charge on any atom is -0.370 e. The minimum atomic E-state index is 0.551. The molecule has 3 nitrogen and oxygen atoms in total. The van der Waals surface area contributed by atoms with Crippen LogP contribution in [0.5, 0.6) is 0 Å². The van der Waals surface area contributed by atoms with Crippen molar-refractivity contribution in [2.24, 2.45) is 0 Å². The monoisotopic (exact) mass is 275 g/mol. The molecule has 0 saturated carbocycles. The lowest BCUT2D eigenvalue weighted by molar-refractivity contribution is 0.445. The lowest BCUT2D eigenvalue weighted by Gasteiger charge is -2.34. The molecule has 0 spiro atoms. The highest BCUT2D eigenvalue weighted by Gasteiger charge is 2.19. The quantitative estimate of drug-likeness (QED) is 0.913. The topological polar surface area (TPSA) is 28.2 Å². The molecule has 1 aliphatic rings. The van der Waals surface area contributed by atoms with Crippen molar-refractivity contribution in [1.29, 1.82) is 0 Å². The van der Waals surface area contributed by atoms with Crippen LogP contribution in [-0.4, -0.2) is 31.2 Å². The van der Waals surface area contributed by atoms with Gasteiger partial charge in [0, 0.05) is 41.9 Å². The van der Waals surface area contributed by atoms with Crippen LogP contribution in [0.2, 0.25) is 5.02 Å². The Morgan fingerprint density at radius 1 is 1.37 bits per heavy atom. The standard InChI is InChI=1S/C15H18ClN3/c1-19(12-3-2-7-17-10-12)15-6-8-18-14-9-11(16)4-5-13(14)15/h4-6,8-9,12,17H,2-3,7,10H2,1H3. The normalized spacial score (nSPS) is 19.6. The third-order valence-electron chi connectivity index (χ3n) is 3.88. The first-order valence-electron chi connectivity index (χ1n) is 6.73. The summed E-state index contributed by atoms with van der Waals surface area (Å²) in [6, 6.07) is 8.56.